The van der Waals surface area contributed by atoms with Gasteiger partial charge < -0.3 is 14.3 Å². The van der Waals surface area contributed by atoms with Crippen LogP contribution < -0.4 is 10.5 Å². The van der Waals surface area contributed by atoms with Crippen molar-refractivity contribution in [3.05, 3.63) is 69.9 Å². The second kappa shape index (κ2) is 7.23. The van der Waals surface area contributed by atoms with E-state index >= 15 is 0 Å². The van der Waals surface area contributed by atoms with Crippen molar-refractivity contribution in [1.82, 2.24) is 15.0 Å². The van der Waals surface area contributed by atoms with Gasteiger partial charge in [-0.15, -0.1) is 11.3 Å². The van der Waals surface area contributed by atoms with E-state index in [1.807, 2.05) is 35.7 Å². The summed E-state index contributed by atoms with van der Waals surface area (Å²) in [5.74, 6) is 1.34. The Balaban J connectivity index is 1.52. The summed E-state index contributed by atoms with van der Waals surface area (Å²) in [4.78, 5) is 26.6. The van der Waals surface area contributed by atoms with Crippen molar-refractivity contribution in [2.45, 2.75) is 20.0 Å². The monoisotopic (exact) mass is 367 g/mol. The summed E-state index contributed by atoms with van der Waals surface area (Å²) in [6.45, 7) is 4.33. The van der Waals surface area contributed by atoms with Gasteiger partial charge in [-0.1, -0.05) is 18.2 Å². The number of quaternary nitrogens is 1. The maximum Gasteiger partial charge on any atom is 0.258 e. The first kappa shape index (κ1) is 16.7. The van der Waals surface area contributed by atoms with Crippen LogP contribution in [0.4, 0.5) is 0 Å². The van der Waals surface area contributed by atoms with Gasteiger partial charge in [0.15, 0.2) is 5.82 Å². The molecule has 0 aliphatic rings. The highest BCUT2D eigenvalue weighted by Gasteiger charge is 2.15. The molecule has 0 aliphatic heterocycles. The van der Waals surface area contributed by atoms with Crippen molar-refractivity contribution < 1.29 is 9.32 Å². The van der Waals surface area contributed by atoms with Gasteiger partial charge in [0.1, 0.15) is 25.0 Å². The third-order valence-electron chi connectivity index (χ3n) is 4.29. The Morgan fingerprint density at radius 2 is 2.04 bits per heavy atom. The van der Waals surface area contributed by atoms with Gasteiger partial charge in [0, 0.05) is 0 Å². The lowest BCUT2D eigenvalue weighted by molar-refractivity contribution is -0.926. The molecule has 4 aromatic rings. The van der Waals surface area contributed by atoms with E-state index in [9.17, 15) is 4.79 Å². The Hall–Kier alpha value is -2.77. The van der Waals surface area contributed by atoms with Crippen molar-refractivity contribution in [2.75, 3.05) is 6.54 Å². The van der Waals surface area contributed by atoms with Crippen LogP contribution in [0.2, 0.25) is 0 Å². The van der Waals surface area contributed by atoms with Gasteiger partial charge in [0.05, 0.1) is 22.3 Å². The molecule has 3 aromatic heterocycles. The highest BCUT2D eigenvalue weighted by Crippen LogP contribution is 2.23. The van der Waals surface area contributed by atoms with Crippen LogP contribution in [0.1, 0.15) is 18.4 Å². The molecule has 7 heteroatoms. The SMILES string of the molecule is CC[NH+](Cc1coc(-c2cccs2)n1)Cc1nc2ccccc2c(=O)[nH]1. The van der Waals surface area contributed by atoms with E-state index in [-0.39, 0.29) is 5.56 Å². The lowest BCUT2D eigenvalue weighted by Gasteiger charge is -2.15. The molecule has 4 rings (SSSR count). The lowest BCUT2D eigenvalue weighted by Crippen LogP contribution is -3.09. The van der Waals surface area contributed by atoms with Gasteiger partial charge >= 0.3 is 0 Å². The minimum absolute atomic E-state index is 0.0949. The van der Waals surface area contributed by atoms with Crippen LogP contribution in [0.3, 0.4) is 0 Å². The number of aromatic amines is 1. The fourth-order valence-corrected chi connectivity index (χ4v) is 3.58. The van der Waals surface area contributed by atoms with Crippen molar-refractivity contribution in [2.24, 2.45) is 0 Å². The molecule has 26 heavy (non-hydrogen) atoms. The molecule has 6 nitrogen and oxygen atoms in total. The summed E-state index contributed by atoms with van der Waals surface area (Å²) in [6.07, 6.45) is 1.71. The first-order valence-corrected chi connectivity index (χ1v) is 9.40. The molecule has 1 unspecified atom stereocenters. The molecule has 132 valence electrons. The highest BCUT2D eigenvalue weighted by molar-refractivity contribution is 7.13. The molecule has 0 fully saturated rings. The minimum Gasteiger partial charge on any atom is -0.443 e. The fourth-order valence-electron chi connectivity index (χ4n) is 2.93. The van der Waals surface area contributed by atoms with Crippen molar-refractivity contribution in [1.29, 1.82) is 0 Å². The van der Waals surface area contributed by atoms with E-state index in [2.05, 4.69) is 21.9 Å². The van der Waals surface area contributed by atoms with Crippen molar-refractivity contribution in [3.8, 4) is 10.8 Å². The summed E-state index contributed by atoms with van der Waals surface area (Å²) in [5, 5.41) is 2.62. The zero-order chi connectivity index (χ0) is 17.9. The number of hydrogen-bond acceptors (Lipinski definition) is 5. The number of thiophene rings is 1. The van der Waals surface area contributed by atoms with E-state index in [0.29, 0.717) is 30.2 Å². The van der Waals surface area contributed by atoms with Crippen LogP contribution in [0, 0.1) is 0 Å². The Morgan fingerprint density at radius 3 is 2.85 bits per heavy atom. The number of nitrogens with one attached hydrogen (secondary N) is 2. The predicted octanol–water partition coefficient (Wildman–Crippen LogP) is 2.24. The second-order valence-electron chi connectivity index (χ2n) is 6.11. The van der Waals surface area contributed by atoms with E-state index in [1.165, 1.54) is 4.90 Å². The smallest absolute Gasteiger partial charge is 0.258 e. The predicted molar refractivity (Wildman–Crippen MR) is 101 cm³/mol. The lowest BCUT2D eigenvalue weighted by atomic mass is 10.2. The molecule has 1 atom stereocenters. The number of aromatic nitrogens is 3. The Kier molecular flexibility index (Phi) is 4.64. The third-order valence-corrected chi connectivity index (χ3v) is 5.15. The molecule has 0 radical (unpaired) electrons. The molecular weight excluding hydrogens is 348 g/mol. The number of oxazole rings is 1. The van der Waals surface area contributed by atoms with Crippen LogP contribution in [0.15, 0.2) is 57.3 Å². The average molecular weight is 367 g/mol. The van der Waals surface area contributed by atoms with Crippen LogP contribution in [0.5, 0.6) is 0 Å². The normalized spacial score (nSPS) is 12.5. The molecule has 0 spiro atoms. The topological polar surface area (TPSA) is 76.2 Å². The summed E-state index contributed by atoms with van der Waals surface area (Å²) in [5.41, 5.74) is 1.53. The van der Waals surface area contributed by atoms with Gasteiger partial charge in [-0.2, -0.15) is 0 Å². The molecule has 2 N–H and O–H groups in total. The van der Waals surface area contributed by atoms with E-state index in [0.717, 1.165) is 22.6 Å². The first-order valence-electron chi connectivity index (χ1n) is 8.52. The largest absolute Gasteiger partial charge is 0.443 e. The van der Waals surface area contributed by atoms with E-state index < -0.39 is 0 Å². The first-order chi connectivity index (χ1) is 12.7. The zero-order valence-corrected chi connectivity index (χ0v) is 15.2. The fraction of sp³-hybridized carbons (Fsp3) is 0.211. The molecule has 0 aliphatic carbocycles. The van der Waals surface area contributed by atoms with Crippen LogP contribution in [0.25, 0.3) is 21.7 Å². The summed E-state index contributed by atoms with van der Waals surface area (Å²) >= 11 is 1.61. The number of rotatable bonds is 6. The Bertz CT molecular complexity index is 1070. The van der Waals surface area contributed by atoms with Crippen LogP contribution >= 0.6 is 11.3 Å². The Morgan fingerprint density at radius 1 is 1.15 bits per heavy atom. The van der Waals surface area contributed by atoms with E-state index in [1.54, 1.807) is 23.7 Å². The highest BCUT2D eigenvalue weighted by atomic mass is 32.1. The van der Waals surface area contributed by atoms with Crippen molar-refractivity contribution >= 4 is 22.2 Å². The number of benzene rings is 1. The Labute approximate surface area is 154 Å². The van der Waals surface area contributed by atoms with Gasteiger partial charge in [-0.05, 0) is 30.5 Å². The van der Waals surface area contributed by atoms with Gasteiger partial charge in [-0.25, -0.2) is 9.97 Å². The molecule has 0 bridgehead atoms. The zero-order valence-electron chi connectivity index (χ0n) is 14.4. The number of nitrogens with zero attached hydrogens (tertiary/aromatic N) is 2. The molecule has 0 saturated heterocycles. The molecular formula is C19H19N4O2S+. The van der Waals surface area contributed by atoms with Gasteiger partial charge in [-0.3, -0.25) is 4.79 Å². The molecule has 1 aromatic carbocycles. The number of fused-ring (bicyclic) bond motifs is 1. The number of H-pyrrole nitrogens is 1. The van der Waals surface area contributed by atoms with Crippen molar-refractivity contribution in [3.63, 3.8) is 0 Å². The maximum absolute atomic E-state index is 12.2. The summed E-state index contributed by atoms with van der Waals surface area (Å²) in [6, 6.07) is 11.4. The van der Waals surface area contributed by atoms with Gasteiger partial charge in [0.25, 0.3) is 5.56 Å². The third kappa shape index (κ3) is 3.44. The summed E-state index contributed by atoms with van der Waals surface area (Å²) < 4.78 is 5.59. The standard InChI is InChI=1S/C19H18N4O2S/c1-2-23(10-13-12-25-19(20-13)16-8-5-9-26-16)11-17-21-15-7-4-3-6-14(15)18(24)22-17/h3-9,12H,2,10-11H2,1H3,(H,21,22,24)/p+1. The number of hydrogen-bond donors (Lipinski definition) is 2. The number of para-hydroxylation sites is 1. The maximum atomic E-state index is 12.2. The molecule has 0 amide bonds. The van der Waals surface area contributed by atoms with E-state index in [4.69, 9.17) is 4.42 Å². The van der Waals surface area contributed by atoms with Crippen LogP contribution in [-0.2, 0) is 13.1 Å². The second-order valence-corrected chi connectivity index (χ2v) is 7.06. The average Bonchev–Trinajstić information content (AvgIpc) is 3.33. The summed E-state index contributed by atoms with van der Waals surface area (Å²) in [7, 11) is 0. The minimum atomic E-state index is -0.0949. The molecule has 3 heterocycles. The molecule has 0 saturated carbocycles. The quantitative estimate of drug-likeness (QED) is 0.548. The van der Waals surface area contributed by atoms with Crippen LogP contribution in [-0.4, -0.2) is 21.5 Å². The van der Waals surface area contributed by atoms with Gasteiger partial charge in [0.2, 0.25) is 5.89 Å².